The third-order valence-electron chi connectivity index (χ3n) is 7.81. The molecule has 7 rings (SSSR count). The van der Waals surface area contributed by atoms with E-state index in [0.29, 0.717) is 0 Å². The van der Waals surface area contributed by atoms with E-state index in [1.807, 2.05) is 12.1 Å². The Morgan fingerprint density at radius 1 is 0.425 bits per heavy atom. The average Bonchev–Trinajstić information content (AvgIpc) is 3.49. The molecule has 0 bridgehead atoms. The Bertz CT molecular complexity index is 1730. The van der Waals surface area contributed by atoms with Gasteiger partial charge in [-0.3, -0.25) is 0 Å². The predicted octanol–water partition coefficient (Wildman–Crippen LogP) is 7.28. The first kappa shape index (κ1) is 23.9. The first-order chi connectivity index (χ1) is 19.6. The summed E-state index contributed by atoms with van der Waals surface area (Å²) in [5.74, 6) is 0. The molecule has 2 aliphatic carbocycles. The third kappa shape index (κ3) is 4.40. The summed E-state index contributed by atoms with van der Waals surface area (Å²) in [5.41, 5.74) is 26.4. The van der Waals surface area contributed by atoms with Gasteiger partial charge in [0.05, 0.1) is 0 Å². The number of nitrogens with two attached hydrogens (primary N) is 2. The summed E-state index contributed by atoms with van der Waals surface area (Å²) >= 11 is 0. The molecule has 0 radical (unpaired) electrons. The molecule has 0 fully saturated rings. The van der Waals surface area contributed by atoms with Crippen molar-refractivity contribution < 1.29 is 9.15 Å². The minimum Gasteiger partial charge on any atom is -0.399 e. The molecule has 0 saturated heterocycles. The van der Waals surface area contributed by atoms with Crippen molar-refractivity contribution in [3.05, 3.63) is 144 Å². The topological polar surface area (TPSA) is 58.1 Å². The summed E-state index contributed by atoms with van der Waals surface area (Å²) in [6, 6.07) is 25.8. The molecule has 0 spiro atoms. The van der Waals surface area contributed by atoms with Gasteiger partial charge in [0.1, 0.15) is 0 Å². The summed E-state index contributed by atoms with van der Waals surface area (Å²) < 4.78 is 4.30. The van der Waals surface area contributed by atoms with Gasteiger partial charge in [-0.1, -0.05) is 24.3 Å². The van der Waals surface area contributed by atoms with Gasteiger partial charge < -0.3 is 11.5 Å². The molecule has 1 aliphatic heterocycles. The van der Waals surface area contributed by atoms with Crippen LogP contribution in [0.1, 0.15) is 22.3 Å². The van der Waals surface area contributed by atoms with Crippen LogP contribution in [-0.2, 0) is 12.8 Å². The first-order valence-corrected chi connectivity index (χ1v) is 13.6. The highest BCUT2D eigenvalue weighted by atomic mass is 15.0. The van der Waals surface area contributed by atoms with Crippen molar-refractivity contribution in [1.29, 1.82) is 0 Å². The molecule has 4 N–H and O–H groups in total. The Morgan fingerprint density at radius 3 is 1.27 bits per heavy atom. The number of anilines is 2. The van der Waals surface area contributed by atoms with Gasteiger partial charge in [-0.25, -0.2) is 0 Å². The molecule has 4 aromatic carbocycles. The van der Waals surface area contributed by atoms with E-state index in [0.717, 1.165) is 35.6 Å². The van der Waals surface area contributed by atoms with Crippen LogP contribution in [0.4, 0.5) is 22.7 Å². The van der Waals surface area contributed by atoms with E-state index in [2.05, 4.69) is 131 Å². The fourth-order valence-electron chi connectivity index (χ4n) is 5.90. The number of hydrogen-bond acceptors (Lipinski definition) is 2. The Balaban J connectivity index is 1.13. The maximum Gasteiger partial charge on any atom is 0.210 e. The zero-order chi connectivity index (χ0) is 27.1. The van der Waals surface area contributed by atoms with E-state index in [1.165, 1.54) is 44.5 Å². The summed E-state index contributed by atoms with van der Waals surface area (Å²) in [4.78, 5) is 0. The second kappa shape index (κ2) is 9.83. The van der Waals surface area contributed by atoms with Gasteiger partial charge in [0, 0.05) is 59.9 Å². The number of hydrogen-bond donors (Lipinski definition) is 2. The maximum absolute atomic E-state index is 6.03. The van der Waals surface area contributed by atoms with Crippen LogP contribution in [0.15, 0.2) is 122 Å². The molecule has 0 unspecified atom stereocenters. The van der Waals surface area contributed by atoms with E-state index in [1.54, 1.807) is 0 Å². The van der Waals surface area contributed by atoms with Crippen molar-refractivity contribution in [3.63, 3.8) is 0 Å². The van der Waals surface area contributed by atoms with Crippen LogP contribution in [0.3, 0.4) is 0 Å². The molecule has 4 aromatic rings. The summed E-state index contributed by atoms with van der Waals surface area (Å²) in [5, 5.41) is 0. The van der Waals surface area contributed by atoms with E-state index in [-0.39, 0.29) is 0 Å². The van der Waals surface area contributed by atoms with Crippen LogP contribution in [-0.4, -0.2) is 21.6 Å². The highest BCUT2D eigenvalue weighted by Crippen LogP contribution is 2.40. The van der Waals surface area contributed by atoms with Crippen molar-refractivity contribution in [2.24, 2.45) is 0 Å². The van der Waals surface area contributed by atoms with Crippen LogP contribution in [0.25, 0.3) is 22.3 Å². The van der Waals surface area contributed by atoms with Crippen LogP contribution < -0.4 is 11.5 Å². The van der Waals surface area contributed by atoms with E-state index >= 15 is 0 Å². The van der Waals surface area contributed by atoms with Crippen LogP contribution >= 0.6 is 0 Å². The molecule has 0 aromatic heterocycles. The third-order valence-corrected chi connectivity index (χ3v) is 7.81. The molecule has 0 amide bonds. The SMILES string of the molecule is Nc1ccc2c(c1)Cc1cc([N+]3=C/C=C\C=C\[N+](c4ccc5c(c4)Cc4cc(N)ccc4-5)=C/C=C/C=C\3)ccc1-2. The molecule has 4 nitrogen and oxygen atoms in total. The number of nitrogens with zero attached hydrogens (tertiary/aromatic N) is 2. The average molecular weight is 519 g/mol. The minimum absolute atomic E-state index is 0.818. The predicted molar refractivity (Wildman–Crippen MR) is 167 cm³/mol. The second-order valence-electron chi connectivity index (χ2n) is 10.4. The summed E-state index contributed by atoms with van der Waals surface area (Å²) in [7, 11) is 0. The quantitative estimate of drug-likeness (QED) is 0.187. The molecule has 0 atom stereocenters. The zero-order valence-electron chi connectivity index (χ0n) is 22.2. The van der Waals surface area contributed by atoms with Gasteiger partial charge >= 0.3 is 0 Å². The monoisotopic (exact) mass is 518 g/mol. The van der Waals surface area contributed by atoms with Crippen molar-refractivity contribution in [2.45, 2.75) is 12.8 Å². The van der Waals surface area contributed by atoms with E-state index in [4.69, 9.17) is 11.5 Å². The maximum atomic E-state index is 6.03. The van der Waals surface area contributed by atoms with Crippen molar-refractivity contribution >= 4 is 35.2 Å². The number of benzene rings is 4. The largest absolute Gasteiger partial charge is 0.399 e. The van der Waals surface area contributed by atoms with Gasteiger partial charge in [-0.05, 0) is 93.7 Å². The molecule has 1 heterocycles. The molecular formula is C36H30N4+2. The summed E-state index contributed by atoms with van der Waals surface area (Å²) in [6.07, 6.45) is 22.6. The van der Waals surface area contributed by atoms with Gasteiger partial charge in [-0.2, -0.15) is 9.15 Å². The van der Waals surface area contributed by atoms with Crippen molar-refractivity contribution in [1.82, 2.24) is 0 Å². The first-order valence-electron chi connectivity index (χ1n) is 13.6. The smallest absolute Gasteiger partial charge is 0.210 e. The fraction of sp³-hybridized carbons (Fsp3) is 0.0556. The van der Waals surface area contributed by atoms with Crippen LogP contribution in [0, 0.1) is 0 Å². The normalized spacial score (nSPS) is 20.7. The highest BCUT2D eigenvalue weighted by molar-refractivity contribution is 5.81. The lowest BCUT2D eigenvalue weighted by atomic mass is 10.1. The van der Waals surface area contributed by atoms with E-state index in [9.17, 15) is 0 Å². The Hall–Kier alpha value is -5.22. The van der Waals surface area contributed by atoms with E-state index < -0.39 is 0 Å². The van der Waals surface area contributed by atoms with Gasteiger partial charge in [0.15, 0.2) is 24.8 Å². The lowest BCUT2D eigenvalue weighted by Gasteiger charge is -2.03. The number of nitrogen functional groups attached to an aromatic ring is 2. The molecule has 4 heteroatoms. The lowest BCUT2D eigenvalue weighted by molar-refractivity contribution is -0.354. The lowest BCUT2D eigenvalue weighted by Crippen LogP contribution is -1.99. The van der Waals surface area contributed by atoms with Gasteiger partial charge in [-0.15, -0.1) is 0 Å². The number of allylic oxidation sites excluding steroid dienone is 6. The van der Waals surface area contributed by atoms with Crippen LogP contribution in [0.2, 0.25) is 0 Å². The molecule has 3 aliphatic rings. The molecule has 192 valence electrons. The van der Waals surface area contributed by atoms with Crippen molar-refractivity contribution in [3.8, 4) is 22.3 Å². The fourth-order valence-corrected chi connectivity index (χ4v) is 5.90. The Kier molecular flexibility index (Phi) is 5.86. The highest BCUT2D eigenvalue weighted by Gasteiger charge is 2.22. The molecule has 0 saturated carbocycles. The molecular weight excluding hydrogens is 488 g/mol. The number of fused-ring (bicyclic) bond motifs is 6. The number of rotatable bonds is 2. The van der Waals surface area contributed by atoms with Crippen molar-refractivity contribution in [2.75, 3.05) is 11.5 Å². The Morgan fingerprint density at radius 2 is 0.825 bits per heavy atom. The van der Waals surface area contributed by atoms with Crippen LogP contribution in [0.5, 0.6) is 0 Å². The Labute approximate surface area is 234 Å². The standard InChI is InChI=1S/C36H30N4/c37-29-7-11-33-25(21-29)19-27-23-31(9-13-35(27)33)39-15-3-1-4-16-40(18-6-2-5-17-39)32-10-14-36-28(24-32)20-26-22-30(38)8-12-34(26)36/h1-18,21-24H,19-20,37-38H2/q+2/b3-1-,4-1?,5-2?,6-2+,15-3?,16-4+,17-5-,18-6?,39-15+,39-17?,40-16?,40-18+. The minimum atomic E-state index is 0.818. The second-order valence-corrected chi connectivity index (χ2v) is 10.4. The summed E-state index contributed by atoms with van der Waals surface area (Å²) in [6.45, 7) is 0. The molecule has 40 heavy (non-hydrogen) atoms. The van der Waals surface area contributed by atoms with Gasteiger partial charge in [0.2, 0.25) is 11.4 Å². The zero-order valence-corrected chi connectivity index (χ0v) is 22.2. The van der Waals surface area contributed by atoms with Gasteiger partial charge in [0.25, 0.3) is 0 Å².